The first kappa shape index (κ1) is 20.1. The van der Waals surface area contributed by atoms with Crippen LogP contribution in [0.25, 0.3) is 0 Å². The molecule has 1 rings (SSSR count). The van der Waals surface area contributed by atoms with Crippen molar-refractivity contribution in [2.75, 3.05) is 20.7 Å². The largest absolute Gasteiger partial charge is 0.464 e. The quantitative estimate of drug-likeness (QED) is 0.825. The van der Waals surface area contributed by atoms with Crippen LogP contribution in [-0.4, -0.2) is 37.6 Å². The molecule has 6 heteroatoms. The van der Waals surface area contributed by atoms with Crippen molar-refractivity contribution in [3.8, 4) is 0 Å². The molecule has 1 heterocycles. The number of furan rings is 1. The van der Waals surface area contributed by atoms with Crippen LogP contribution in [-0.2, 0) is 16.0 Å². The zero-order valence-electron chi connectivity index (χ0n) is 15.6. The third-order valence-electron chi connectivity index (χ3n) is 3.87. The Morgan fingerprint density at radius 2 is 2.00 bits per heavy atom. The lowest BCUT2D eigenvalue weighted by Crippen LogP contribution is -2.37. The van der Waals surface area contributed by atoms with Crippen LogP contribution < -0.4 is 5.32 Å². The maximum atomic E-state index is 12.3. The van der Waals surface area contributed by atoms with Gasteiger partial charge in [0.1, 0.15) is 11.5 Å². The third-order valence-corrected chi connectivity index (χ3v) is 3.87. The van der Waals surface area contributed by atoms with Crippen LogP contribution in [0.4, 0.5) is 4.79 Å². The topological polar surface area (TPSA) is 71.8 Å². The lowest BCUT2D eigenvalue weighted by atomic mass is 9.85. The van der Waals surface area contributed by atoms with Crippen molar-refractivity contribution < 1.29 is 18.7 Å². The molecule has 136 valence electrons. The Morgan fingerprint density at radius 3 is 2.50 bits per heavy atom. The van der Waals surface area contributed by atoms with E-state index in [4.69, 9.17) is 4.42 Å². The zero-order valence-corrected chi connectivity index (χ0v) is 15.6. The third kappa shape index (κ3) is 5.91. The lowest BCUT2D eigenvalue weighted by molar-refractivity contribution is -0.123. The van der Waals surface area contributed by atoms with E-state index in [-0.39, 0.29) is 17.4 Å². The summed E-state index contributed by atoms with van der Waals surface area (Å²) < 4.78 is 10.5. The summed E-state index contributed by atoms with van der Waals surface area (Å²) in [6, 6.07) is 3.69. The van der Waals surface area contributed by atoms with Gasteiger partial charge in [-0.25, -0.2) is 4.79 Å². The van der Waals surface area contributed by atoms with Gasteiger partial charge in [0.05, 0.1) is 13.2 Å². The van der Waals surface area contributed by atoms with Crippen molar-refractivity contribution >= 4 is 12.0 Å². The average molecular weight is 338 g/mol. The van der Waals surface area contributed by atoms with Crippen LogP contribution in [0.15, 0.2) is 16.5 Å². The maximum absolute atomic E-state index is 12.3. The van der Waals surface area contributed by atoms with Gasteiger partial charge in [-0.1, -0.05) is 27.7 Å². The van der Waals surface area contributed by atoms with Crippen LogP contribution >= 0.6 is 0 Å². The maximum Gasteiger partial charge on any atom is 0.409 e. The lowest BCUT2D eigenvalue weighted by Gasteiger charge is -2.30. The van der Waals surface area contributed by atoms with Gasteiger partial charge in [-0.3, -0.25) is 4.79 Å². The first-order valence-electron chi connectivity index (χ1n) is 8.36. The highest BCUT2D eigenvalue weighted by Crippen LogP contribution is 2.33. The fourth-order valence-electron chi connectivity index (χ4n) is 2.41. The summed E-state index contributed by atoms with van der Waals surface area (Å²) >= 11 is 0. The van der Waals surface area contributed by atoms with Crippen molar-refractivity contribution in [2.45, 2.75) is 53.0 Å². The Morgan fingerprint density at radius 1 is 1.33 bits per heavy atom. The highest BCUT2D eigenvalue weighted by atomic mass is 16.5. The van der Waals surface area contributed by atoms with Gasteiger partial charge >= 0.3 is 6.09 Å². The number of amides is 2. The van der Waals surface area contributed by atoms with E-state index in [9.17, 15) is 9.59 Å². The molecule has 1 atom stereocenters. The number of hydrogen-bond acceptors (Lipinski definition) is 4. The molecule has 24 heavy (non-hydrogen) atoms. The number of rotatable bonds is 7. The van der Waals surface area contributed by atoms with E-state index < -0.39 is 6.09 Å². The summed E-state index contributed by atoms with van der Waals surface area (Å²) in [5.74, 6) is 1.63. The van der Waals surface area contributed by atoms with Gasteiger partial charge in [-0.15, -0.1) is 0 Å². The van der Waals surface area contributed by atoms with Gasteiger partial charge in [0.25, 0.3) is 0 Å². The zero-order chi connectivity index (χ0) is 18.3. The number of carbonyl (C=O) groups is 2. The number of ether oxygens (including phenoxy) is 1. The van der Waals surface area contributed by atoms with Gasteiger partial charge in [0.15, 0.2) is 0 Å². The van der Waals surface area contributed by atoms with E-state index in [0.29, 0.717) is 19.4 Å². The molecule has 2 amide bonds. The van der Waals surface area contributed by atoms with Crippen LogP contribution in [0, 0.1) is 5.41 Å². The summed E-state index contributed by atoms with van der Waals surface area (Å²) in [6.07, 6.45) is 1.35. The van der Waals surface area contributed by atoms with Crippen LogP contribution in [0.2, 0.25) is 0 Å². The second-order valence-corrected chi connectivity index (χ2v) is 7.02. The second kappa shape index (κ2) is 8.76. The predicted molar refractivity (Wildman–Crippen MR) is 92.7 cm³/mol. The molecule has 0 saturated carbocycles. The molecule has 0 spiro atoms. The molecule has 0 bridgehead atoms. The molecular formula is C18H30N2O4. The minimum atomic E-state index is -0.398. The Labute approximate surface area is 144 Å². The molecule has 1 aromatic heterocycles. The molecule has 0 saturated heterocycles. The normalized spacial score (nSPS) is 12.6. The molecule has 0 unspecified atom stereocenters. The minimum Gasteiger partial charge on any atom is -0.464 e. The molecular weight excluding hydrogens is 308 g/mol. The highest BCUT2D eigenvalue weighted by Gasteiger charge is 2.30. The predicted octanol–water partition coefficient (Wildman–Crippen LogP) is 3.52. The molecule has 0 aromatic carbocycles. The summed E-state index contributed by atoms with van der Waals surface area (Å²) in [5, 5.41) is 3.06. The number of carbonyl (C=O) groups excluding carboxylic acids is 2. The van der Waals surface area contributed by atoms with Gasteiger partial charge < -0.3 is 19.4 Å². The molecule has 0 fully saturated rings. The number of methoxy groups -OCH3 is 1. The van der Waals surface area contributed by atoms with Crippen molar-refractivity contribution in [3.05, 3.63) is 23.7 Å². The number of aryl methyl sites for hydroxylation is 1. The molecule has 1 N–H and O–H groups in total. The average Bonchev–Trinajstić information content (AvgIpc) is 2.99. The SMILES string of the molecule is CCc1ccc([C@H](NC(=O)CCCN(C)C(=O)OC)C(C)(C)C)o1. The smallest absolute Gasteiger partial charge is 0.409 e. The van der Waals surface area contributed by atoms with Crippen molar-refractivity contribution in [1.82, 2.24) is 10.2 Å². The van der Waals surface area contributed by atoms with Crippen LogP contribution in [0.5, 0.6) is 0 Å². The van der Waals surface area contributed by atoms with Gasteiger partial charge in [-0.05, 0) is 24.0 Å². The van der Waals surface area contributed by atoms with Gasteiger partial charge in [-0.2, -0.15) is 0 Å². The molecule has 0 radical (unpaired) electrons. The van der Waals surface area contributed by atoms with Crippen LogP contribution in [0.3, 0.4) is 0 Å². The van der Waals surface area contributed by atoms with E-state index in [2.05, 4.69) is 30.8 Å². The molecule has 6 nitrogen and oxygen atoms in total. The Balaban J connectivity index is 2.61. The first-order valence-corrected chi connectivity index (χ1v) is 8.36. The Bertz CT molecular complexity index is 545. The number of nitrogens with one attached hydrogen (secondary N) is 1. The van der Waals surface area contributed by atoms with Gasteiger partial charge in [0, 0.05) is 26.4 Å². The van der Waals surface area contributed by atoms with Crippen LogP contribution in [0.1, 0.15) is 58.1 Å². The monoisotopic (exact) mass is 338 g/mol. The number of nitrogens with zero attached hydrogens (tertiary/aromatic N) is 1. The standard InChI is InChI=1S/C18H30N2O4/c1-7-13-10-11-14(24-13)16(18(2,3)4)19-15(21)9-8-12-20(5)17(22)23-6/h10-11,16H,7-9,12H2,1-6H3,(H,19,21)/t16-/m0/s1. The summed E-state index contributed by atoms with van der Waals surface area (Å²) in [7, 11) is 2.99. The minimum absolute atomic E-state index is 0.0531. The van der Waals surface area contributed by atoms with E-state index >= 15 is 0 Å². The molecule has 1 aromatic rings. The first-order chi connectivity index (χ1) is 11.2. The molecule has 0 aliphatic heterocycles. The van der Waals surface area contributed by atoms with Crippen molar-refractivity contribution in [2.24, 2.45) is 5.41 Å². The highest BCUT2D eigenvalue weighted by molar-refractivity contribution is 5.76. The van der Waals surface area contributed by atoms with Gasteiger partial charge in [0.2, 0.25) is 5.91 Å². The summed E-state index contributed by atoms with van der Waals surface area (Å²) in [6.45, 7) is 8.71. The van der Waals surface area contributed by atoms with Crippen molar-refractivity contribution in [3.63, 3.8) is 0 Å². The van der Waals surface area contributed by atoms with E-state index in [1.54, 1.807) is 7.05 Å². The number of hydrogen-bond donors (Lipinski definition) is 1. The second-order valence-electron chi connectivity index (χ2n) is 7.02. The van der Waals surface area contributed by atoms with E-state index in [1.807, 2.05) is 19.1 Å². The summed E-state index contributed by atoms with van der Waals surface area (Å²) in [4.78, 5) is 25.0. The fourth-order valence-corrected chi connectivity index (χ4v) is 2.41. The molecule has 0 aliphatic rings. The van der Waals surface area contributed by atoms with Crippen molar-refractivity contribution in [1.29, 1.82) is 0 Å². The Hall–Kier alpha value is -1.98. The fraction of sp³-hybridized carbons (Fsp3) is 0.667. The Kier molecular flexibility index (Phi) is 7.32. The summed E-state index contributed by atoms with van der Waals surface area (Å²) in [5.41, 5.74) is -0.165. The van der Waals surface area contributed by atoms with E-state index in [1.165, 1.54) is 12.0 Å². The molecule has 0 aliphatic carbocycles. The van der Waals surface area contributed by atoms with E-state index in [0.717, 1.165) is 17.9 Å².